The molecule has 7 heteroatoms. The Morgan fingerprint density at radius 1 is 1.24 bits per heavy atom. The van der Waals surface area contributed by atoms with Crippen LogP contribution in [0.5, 0.6) is 0 Å². The molecule has 2 amide bonds. The number of carbonyl (C=O) groups is 2. The second kappa shape index (κ2) is 5.68. The zero-order valence-electron chi connectivity index (χ0n) is 12.9. The Hall–Kier alpha value is -0.950. The summed E-state index contributed by atoms with van der Waals surface area (Å²) in [5.74, 6) is -0.335. The highest BCUT2D eigenvalue weighted by Crippen LogP contribution is 2.28. The lowest BCUT2D eigenvalue weighted by Crippen LogP contribution is -2.48. The largest absolute Gasteiger partial charge is 0.304 e. The van der Waals surface area contributed by atoms with Crippen molar-refractivity contribution in [3.63, 3.8) is 0 Å². The lowest BCUT2D eigenvalue weighted by molar-refractivity contribution is -0.141. The summed E-state index contributed by atoms with van der Waals surface area (Å²) in [6, 6.07) is -0.543. The molecule has 1 aliphatic heterocycles. The van der Waals surface area contributed by atoms with Crippen molar-refractivity contribution < 1.29 is 18.0 Å². The number of hydrogen-bond acceptors (Lipinski definition) is 5. The molecule has 0 aromatic rings. The lowest BCUT2D eigenvalue weighted by atomic mass is 10.1. The number of likely N-dealkylation sites (tertiary alicyclic amines) is 1. The van der Waals surface area contributed by atoms with Crippen molar-refractivity contribution in [2.45, 2.75) is 62.8 Å². The van der Waals surface area contributed by atoms with Crippen LogP contribution in [0.3, 0.4) is 0 Å². The van der Waals surface area contributed by atoms with Gasteiger partial charge in [0.25, 0.3) is 0 Å². The summed E-state index contributed by atoms with van der Waals surface area (Å²) in [6.07, 6.45) is 5.20. The van der Waals surface area contributed by atoms with Crippen molar-refractivity contribution in [2.24, 2.45) is 0 Å². The number of nitrogens with one attached hydrogen (secondary N) is 1. The molecule has 1 saturated heterocycles. The van der Waals surface area contributed by atoms with Crippen molar-refractivity contribution in [2.75, 3.05) is 12.8 Å². The SMILES string of the molecule is CC(C)(CNC1CC(=O)N(C2CCCC2)C1=O)S(C)(=O)=O. The van der Waals surface area contributed by atoms with Gasteiger partial charge in [0.2, 0.25) is 11.8 Å². The predicted molar refractivity (Wildman–Crippen MR) is 79.4 cm³/mol. The third-order valence-corrected chi connectivity index (χ3v) is 6.80. The Kier molecular flexibility index (Phi) is 4.44. The van der Waals surface area contributed by atoms with Gasteiger partial charge in [0.15, 0.2) is 9.84 Å². The highest BCUT2D eigenvalue weighted by molar-refractivity contribution is 7.92. The van der Waals surface area contributed by atoms with Gasteiger partial charge in [0.05, 0.1) is 17.2 Å². The minimum absolute atomic E-state index is 0.0414. The van der Waals surface area contributed by atoms with E-state index in [9.17, 15) is 18.0 Å². The molecule has 1 aliphatic carbocycles. The number of sulfone groups is 1. The van der Waals surface area contributed by atoms with Crippen molar-refractivity contribution in [3.8, 4) is 0 Å². The quantitative estimate of drug-likeness (QED) is 0.745. The number of carbonyl (C=O) groups excluding carboxylic acids is 2. The molecule has 2 fully saturated rings. The Morgan fingerprint density at radius 3 is 2.33 bits per heavy atom. The molecule has 1 heterocycles. The maximum Gasteiger partial charge on any atom is 0.247 e. The molecular weight excluding hydrogens is 292 g/mol. The zero-order valence-corrected chi connectivity index (χ0v) is 13.7. The fourth-order valence-corrected chi connectivity index (χ4v) is 3.20. The number of hydrogen-bond donors (Lipinski definition) is 1. The Morgan fingerprint density at radius 2 is 1.81 bits per heavy atom. The summed E-state index contributed by atoms with van der Waals surface area (Å²) < 4.78 is 22.4. The van der Waals surface area contributed by atoms with E-state index in [2.05, 4.69) is 5.32 Å². The standard InChI is InChI=1S/C14H24N2O4S/c1-14(2,21(3,19)20)9-15-11-8-12(17)16(13(11)18)10-6-4-5-7-10/h10-11,15H,4-9H2,1-3H3. The van der Waals surface area contributed by atoms with Gasteiger partial charge in [-0.3, -0.25) is 14.5 Å². The van der Waals surface area contributed by atoms with Gasteiger partial charge in [-0.25, -0.2) is 8.42 Å². The molecule has 1 N–H and O–H groups in total. The summed E-state index contributed by atoms with van der Waals surface area (Å²) in [5.41, 5.74) is 0. The van der Waals surface area contributed by atoms with Crippen LogP contribution >= 0.6 is 0 Å². The van der Waals surface area contributed by atoms with Crippen molar-refractivity contribution in [3.05, 3.63) is 0 Å². The number of nitrogens with zero attached hydrogens (tertiary/aromatic N) is 1. The molecule has 2 rings (SSSR count). The van der Waals surface area contributed by atoms with Gasteiger partial charge in [-0.05, 0) is 26.7 Å². The predicted octanol–water partition coefficient (Wildman–Crippen LogP) is 0.469. The molecule has 0 bridgehead atoms. The van der Waals surface area contributed by atoms with E-state index < -0.39 is 20.6 Å². The van der Waals surface area contributed by atoms with E-state index in [4.69, 9.17) is 0 Å². The number of imide groups is 1. The Balaban J connectivity index is 2.00. The van der Waals surface area contributed by atoms with Crippen LogP contribution in [-0.2, 0) is 19.4 Å². The highest BCUT2D eigenvalue weighted by atomic mass is 32.2. The molecule has 2 aliphatic rings. The van der Waals surface area contributed by atoms with E-state index in [-0.39, 0.29) is 30.8 Å². The second-order valence-electron chi connectivity index (χ2n) is 6.71. The monoisotopic (exact) mass is 316 g/mol. The molecule has 0 radical (unpaired) electrons. The molecule has 1 unspecified atom stereocenters. The fraction of sp³-hybridized carbons (Fsp3) is 0.857. The van der Waals surface area contributed by atoms with E-state index in [1.165, 1.54) is 11.2 Å². The van der Waals surface area contributed by atoms with Crippen molar-refractivity contribution >= 4 is 21.7 Å². The van der Waals surface area contributed by atoms with Crippen molar-refractivity contribution in [1.82, 2.24) is 10.2 Å². The average molecular weight is 316 g/mol. The van der Waals surface area contributed by atoms with E-state index in [0.717, 1.165) is 25.7 Å². The minimum atomic E-state index is -3.23. The van der Waals surface area contributed by atoms with Gasteiger partial charge in [-0.15, -0.1) is 0 Å². The molecule has 6 nitrogen and oxygen atoms in total. The van der Waals surface area contributed by atoms with Gasteiger partial charge in [0.1, 0.15) is 0 Å². The number of rotatable bonds is 5. The van der Waals surface area contributed by atoms with E-state index in [0.29, 0.717) is 0 Å². The van der Waals surface area contributed by atoms with Crippen LogP contribution in [0.1, 0.15) is 46.0 Å². The molecule has 120 valence electrons. The van der Waals surface area contributed by atoms with Crippen LogP contribution in [0.25, 0.3) is 0 Å². The van der Waals surface area contributed by atoms with Gasteiger partial charge < -0.3 is 5.32 Å². The normalized spacial score (nSPS) is 25.1. The van der Waals surface area contributed by atoms with Crippen LogP contribution in [-0.4, -0.2) is 54.8 Å². The summed E-state index contributed by atoms with van der Waals surface area (Å²) in [6.45, 7) is 3.39. The van der Waals surface area contributed by atoms with Gasteiger partial charge in [-0.1, -0.05) is 12.8 Å². The molecule has 21 heavy (non-hydrogen) atoms. The molecule has 1 atom stereocenters. The van der Waals surface area contributed by atoms with E-state index in [1.54, 1.807) is 13.8 Å². The first kappa shape index (κ1) is 16.4. The average Bonchev–Trinajstić information content (AvgIpc) is 2.94. The lowest BCUT2D eigenvalue weighted by Gasteiger charge is -2.25. The molecule has 0 aromatic carbocycles. The van der Waals surface area contributed by atoms with Crippen LogP contribution in [0.4, 0.5) is 0 Å². The Bertz CT molecular complexity index is 535. The first-order valence-electron chi connectivity index (χ1n) is 7.42. The van der Waals surface area contributed by atoms with Gasteiger partial charge >= 0.3 is 0 Å². The van der Waals surface area contributed by atoms with E-state index in [1.807, 2.05) is 0 Å². The maximum absolute atomic E-state index is 12.4. The first-order chi connectivity index (χ1) is 9.63. The minimum Gasteiger partial charge on any atom is -0.304 e. The Labute approximate surface area is 126 Å². The summed E-state index contributed by atoms with van der Waals surface area (Å²) >= 11 is 0. The third kappa shape index (κ3) is 3.29. The number of amides is 2. The van der Waals surface area contributed by atoms with E-state index >= 15 is 0 Å². The molecule has 0 aromatic heterocycles. The van der Waals surface area contributed by atoms with Crippen LogP contribution in [0.2, 0.25) is 0 Å². The topological polar surface area (TPSA) is 83.6 Å². The van der Waals surface area contributed by atoms with Gasteiger partial charge in [-0.2, -0.15) is 0 Å². The van der Waals surface area contributed by atoms with Crippen LogP contribution in [0.15, 0.2) is 0 Å². The first-order valence-corrected chi connectivity index (χ1v) is 9.31. The summed E-state index contributed by atoms with van der Waals surface area (Å²) in [7, 11) is -3.23. The summed E-state index contributed by atoms with van der Waals surface area (Å²) in [5, 5.41) is 2.97. The molecule has 0 spiro atoms. The molecule has 1 saturated carbocycles. The van der Waals surface area contributed by atoms with Gasteiger partial charge in [0, 0.05) is 18.8 Å². The molecular formula is C14H24N2O4S. The third-order valence-electron chi connectivity index (χ3n) is 4.65. The second-order valence-corrected chi connectivity index (χ2v) is 9.36. The smallest absolute Gasteiger partial charge is 0.247 e. The van der Waals surface area contributed by atoms with Crippen LogP contribution in [0, 0.1) is 0 Å². The summed E-state index contributed by atoms with van der Waals surface area (Å²) in [4.78, 5) is 25.8. The van der Waals surface area contributed by atoms with Crippen LogP contribution < -0.4 is 5.32 Å². The maximum atomic E-state index is 12.4. The highest BCUT2D eigenvalue weighted by Gasteiger charge is 2.43. The van der Waals surface area contributed by atoms with Crippen molar-refractivity contribution in [1.29, 1.82) is 0 Å². The fourth-order valence-electron chi connectivity index (χ4n) is 2.86. The zero-order chi connectivity index (χ0) is 15.8.